The van der Waals surface area contributed by atoms with Crippen molar-refractivity contribution in [1.82, 2.24) is 14.8 Å². The van der Waals surface area contributed by atoms with Crippen LogP contribution in [0.3, 0.4) is 0 Å². The number of ether oxygens (including phenoxy) is 1. The second kappa shape index (κ2) is 7.76. The minimum Gasteiger partial charge on any atom is -0.444 e. The van der Waals surface area contributed by atoms with Crippen LogP contribution in [-0.4, -0.2) is 38.1 Å². The molecular weight excluding hydrogens is 366 g/mol. The fraction of sp³-hybridized carbons (Fsp3) is 0.478. The molecule has 6 nitrogen and oxygen atoms in total. The summed E-state index contributed by atoms with van der Waals surface area (Å²) in [5, 5.41) is 9.87. The first-order valence-corrected chi connectivity index (χ1v) is 10.2. The van der Waals surface area contributed by atoms with Gasteiger partial charge in [0.15, 0.2) is 0 Å². The van der Waals surface area contributed by atoms with Gasteiger partial charge in [-0.3, -0.25) is 14.8 Å². The summed E-state index contributed by atoms with van der Waals surface area (Å²) in [6.07, 6.45) is 0.553. The van der Waals surface area contributed by atoms with Gasteiger partial charge in [-0.15, -0.1) is 0 Å². The number of benzene rings is 1. The van der Waals surface area contributed by atoms with E-state index in [1.165, 1.54) is 11.1 Å². The van der Waals surface area contributed by atoms with Crippen LogP contribution in [-0.2, 0) is 43.9 Å². The van der Waals surface area contributed by atoms with Crippen molar-refractivity contribution in [3.63, 3.8) is 0 Å². The smallest absolute Gasteiger partial charge is 0.410 e. The van der Waals surface area contributed by atoms with Crippen LogP contribution in [0.2, 0.25) is 0 Å². The van der Waals surface area contributed by atoms with E-state index in [9.17, 15) is 9.90 Å². The van der Waals surface area contributed by atoms with Crippen LogP contribution in [0.15, 0.2) is 30.3 Å². The number of aliphatic hydroxyl groups is 1. The fourth-order valence-corrected chi connectivity index (χ4v) is 4.19. The van der Waals surface area contributed by atoms with E-state index < -0.39 is 5.60 Å². The summed E-state index contributed by atoms with van der Waals surface area (Å²) in [6, 6.07) is 10.5. The molecule has 29 heavy (non-hydrogen) atoms. The number of carbonyl (C=O) groups excluding carboxylic acids is 1. The number of pyridine rings is 1. The zero-order valence-corrected chi connectivity index (χ0v) is 17.4. The lowest BCUT2D eigenvalue weighted by molar-refractivity contribution is 0.0240. The number of nitrogens with zero attached hydrogens (tertiary/aromatic N) is 3. The van der Waals surface area contributed by atoms with E-state index in [1.54, 1.807) is 4.90 Å². The average Bonchev–Trinajstić information content (AvgIpc) is 3.11. The van der Waals surface area contributed by atoms with Gasteiger partial charge in [0.2, 0.25) is 0 Å². The van der Waals surface area contributed by atoms with Crippen LogP contribution in [0.4, 0.5) is 4.79 Å². The van der Waals surface area contributed by atoms with Crippen molar-refractivity contribution >= 4 is 6.09 Å². The fourth-order valence-electron chi connectivity index (χ4n) is 4.19. The largest absolute Gasteiger partial charge is 0.444 e. The SMILES string of the molecule is CC(C)(C)OC(=O)N1Cc2nc(CO)c3c(c2C1)CN(Cc1ccccc1)CC3. The summed E-state index contributed by atoms with van der Waals surface area (Å²) in [7, 11) is 0. The molecule has 6 heteroatoms. The van der Waals surface area contributed by atoms with Crippen LogP contribution in [0.1, 0.15) is 54.4 Å². The molecule has 2 aliphatic heterocycles. The van der Waals surface area contributed by atoms with E-state index in [0.717, 1.165) is 48.6 Å². The Kier molecular flexibility index (Phi) is 5.32. The number of hydrogen-bond donors (Lipinski definition) is 1. The minimum absolute atomic E-state index is 0.0687. The molecule has 0 saturated heterocycles. The number of hydrogen-bond acceptors (Lipinski definition) is 5. The number of carbonyl (C=O) groups is 1. The molecule has 0 unspecified atom stereocenters. The average molecular weight is 396 g/mol. The van der Waals surface area contributed by atoms with Gasteiger partial charge in [0.25, 0.3) is 0 Å². The van der Waals surface area contributed by atoms with Gasteiger partial charge in [0.1, 0.15) is 5.60 Å². The van der Waals surface area contributed by atoms with Crippen molar-refractivity contribution in [2.24, 2.45) is 0 Å². The molecule has 0 saturated carbocycles. The maximum atomic E-state index is 12.6. The van der Waals surface area contributed by atoms with Crippen molar-refractivity contribution in [3.8, 4) is 0 Å². The summed E-state index contributed by atoms with van der Waals surface area (Å²) in [6.45, 7) is 9.14. The Morgan fingerprint density at radius 2 is 1.86 bits per heavy atom. The Hall–Kier alpha value is -2.44. The highest BCUT2D eigenvalue weighted by Gasteiger charge is 2.33. The van der Waals surface area contributed by atoms with Crippen molar-refractivity contribution < 1.29 is 14.6 Å². The van der Waals surface area contributed by atoms with E-state index in [0.29, 0.717) is 13.1 Å². The molecule has 0 fully saturated rings. The van der Waals surface area contributed by atoms with Gasteiger partial charge in [0, 0.05) is 19.6 Å². The number of rotatable bonds is 3. The maximum absolute atomic E-state index is 12.6. The molecule has 2 aliphatic rings. The highest BCUT2D eigenvalue weighted by atomic mass is 16.6. The van der Waals surface area contributed by atoms with Crippen LogP contribution >= 0.6 is 0 Å². The molecule has 0 radical (unpaired) electrons. The highest BCUT2D eigenvalue weighted by Crippen LogP contribution is 2.33. The molecule has 3 heterocycles. The molecule has 154 valence electrons. The van der Waals surface area contributed by atoms with Crippen molar-refractivity contribution in [2.75, 3.05) is 6.54 Å². The zero-order chi connectivity index (χ0) is 20.6. The summed E-state index contributed by atoms with van der Waals surface area (Å²) in [4.78, 5) is 21.4. The predicted octanol–water partition coefficient (Wildman–Crippen LogP) is 3.38. The van der Waals surface area contributed by atoms with Gasteiger partial charge < -0.3 is 9.84 Å². The third-order valence-corrected chi connectivity index (χ3v) is 5.49. The molecule has 0 aliphatic carbocycles. The van der Waals surface area contributed by atoms with Crippen LogP contribution in [0.25, 0.3) is 0 Å². The Bertz CT molecular complexity index is 906. The minimum atomic E-state index is -0.526. The number of fused-ring (bicyclic) bond motifs is 3. The van der Waals surface area contributed by atoms with Crippen molar-refractivity contribution in [1.29, 1.82) is 0 Å². The van der Waals surface area contributed by atoms with Gasteiger partial charge in [0.05, 0.1) is 31.1 Å². The van der Waals surface area contributed by atoms with Gasteiger partial charge >= 0.3 is 6.09 Å². The topological polar surface area (TPSA) is 65.9 Å². The molecule has 0 spiro atoms. The molecular formula is C23H29N3O3. The third kappa shape index (κ3) is 4.28. The summed E-state index contributed by atoms with van der Waals surface area (Å²) < 4.78 is 5.55. The second-order valence-electron chi connectivity index (χ2n) is 8.88. The second-order valence-corrected chi connectivity index (χ2v) is 8.88. The first-order chi connectivity index (χ1) is 13.8. The maximum Gasteiger partial charge on any atom is 0.410 e. The molecule has 1 aromatic carbocycles. The van der Waals surface area contributed by atoms with Gasteiger partial charge in [-0.2, -0.15) is 0 Å². The van der Waals surface area contributed by atoms with Gasteiger partial charge in [-0.05, 0) is 49.4 Å². The normalized spacial score (nSPS) is 16.5. The molecule has 4 rings (SSSR count). The number of aromatic nitrogens is 1. The monoisotopic (exact) mass is 395 g/mol. The quantitative estimate of drug-likeness (QED) is 0.863. The molecule has 2 aromatic rings. The Labute approximate surface area is 172 Å². The Morgan fingerprint density at radius 1 is 1.10 bits per heavy atom. The predicted molar refractivity (Wildman–Crippen MR) is 110 cm³/mol. The summed E-state index contributed by atoms with van der Waals surface area (Å²) >= 11 is 0. The Morgan fingerprint density at radius 3 is 2.55 bits per heavy atom. The zero-order valence-electron chi connectivity index (χ0n) is 17.4. The first-order valence-electron chi connectivity index (χ1n) is 10.2. The van der Waals surface area contributed by atoms with Crippen LogP contribution in [0, 0.1) is 0 Å². The Balaban J connectivity index is 1.58. The van der Waals surface area contributed by atoms with E-state index in [4.69, 9.17) is 9.72 Å². The van der Waals surface area contributed by atoms with Gasteiger partial charge in [-0.25, -0.2) is 4.79 Å². The van der Waals surface area contributed by atoms with E-state index >= 15 is 0 Å². The lowest BCUT2D eigenvalue weighted by Crippen LogP contribution is -2.34. The molecule has 0 bridgehead atoms. The van der Waals surface area contributed by atoms with Crippen molar-refractivity contribution in [2.45, 2.75) is 65.6 Å². The van der Waals surface area contributed by atoms with Crippen LogP contribution in [0.5, 0.6) is 0 Å². The standard InChI is InChI=1S/C23H29N3O3/c1-23(2,3)29-22(28)26-13-19-18-12-25(11-16-7-5-4-6-8-16)10-9-17(18)21(15-27)24-20(19)14-26/h4-8,27H,9-15H2,1-3H3. The van der Waals surface area contributed by atoms with Crippen LogP contribution < -0.4 is 0 Å². The molecule has 0 atom stereocenters. The van der Waals surface area contributed by atoms with E-state index in [-0.39, 0.29) is 12.7 Å². The molecule has 1 amide bonds. The third-order valence-electron chi connectivity index (χ3n) is 5.49. The summed E-state index contributed by atoms with van der Waals surface area (Å²) in [5.74, 6) is 0. The molecule has 1 N–H and O–H groups in total. The van der Waals surface area contributed by atoms with E-state index in [1.807, 2.05) is 26.8 Å². The molecule has 1 aromatic heterocycles. The first kappa shape index (κ1) is 19.9. The van der Waals surface area contributed by atoms with Gasteiger partial charge in [-0.1, -0.05) is 30.3 Å². The number of amides is 1. The lowest BCUT2D eigenvalue weighted by Gasteiger charge is -2.31. The lowest BCUT2D eigenvalue weighted by atomic mass is 9.93. The number of aliphatic hydroxyl groups excluding tert-OH is 1. The highest BCUT2D eigenvalue weighted by molar-refractivity contribution is 5.69. The van der Waals surface area contributed by atoms with E-state index in [2.05, 4.69) is 29.2 Å². The van der Waals surface area contributed by atoms with Crippen molar-refractivity contribution in [3.05, 3.63) is 64.0 Å². The summed E-state index contributed by atoms with van der Waals surface area (Å²) in [5.41, 5.74) is 5.92.